The van der Waals surface area contributed by atoms with Crippen LogP contribution in [0.25, 0.3) is 0 Å². The lowest BCUT2D eigenvalue weighted by Gasteiger charge is -2.30. The lowest BCUT2D eigenvalue weighted by molar-refractivity contribution is 0.189. The highest BCUT2D eigenvalue weighted by Crippen LogP contribution is 2.24. The average molecular weight is 241 g/mol. The molecule has 2 rings (SSSR count). The van der Waals surface area contributed by atoms with Gasteiger partial charge in [-0.15, -0.1) is 24.8 Å². The Morgan fingerprint density at radius 1 is 0.929 bits per heavy atom. The van der Waals surface area contributed by atoms with Gasteiger partial charge in [0.05, 0.1) is 0 Å². The van der Waals surface area contributed by atoms with Gasteiger partial charge in [-0.25, -0.2) is 0 Å². The third kappa shape index (κ3) is 3.58. The van der Waals surface area contributed by atoms with E-state index in [1.54, 1.807) is 0 Å². The number of rotatable bonds is 1. The van der Waals surface area contributed by atoms with Gasteiger partial charge < -0.3 is 5.73 Å². The highest BCUT2D eigenvalue weighted by molar-refractivity contribution is 5.85. The molecule has 0 aromatic rings. The maximum absolute atomic E-state index is 5.89. The van der Waals surface area contributed by atoms with Gasteiger partial charge in [0.25, 0.3) is 0 Å². The van der Waals surface area contributed by atoms with Crippen LogP contribution < -0.4 is 5.73 Å². The van der Waals surface area contributed by atoms with Crippen molar-refractivity contribution in [1.29, 1.82) is 0 Å². The first kappa shape index (κ1) is 14.5. The Balaban J connectivity index is 0.000000845. The van der Waals surface area contributed by atoms with Crippen molar-refractivity contribution in [1.82, 2.24) is 4.90 Å². The molecule has 0 spiro atoms. The first-order chi connectivity index (χ1) is 5.86. The average Bonchev–Trinajstić information content (AvgIpc) is 2.54. The molecular formula is C10H22Cl2N2. The van der Waals surface area contributed by atoms with Gasteiger partial charge in [0.1, 0.15) is 0 Å². The zero-order valence-electron chi connectivity index (χ0n) is 8.65. The summed E-state index contributed by atoms with van der Waals surface area (Å²) in [6, 6.07) is 1.35. The fourth-order valence-corrected chi connectivity index (χ4v) is 2.59. The van der Waals surface area contributed by atoms with E-state index in [2.05, 4.69) is 4.90 Å². The van der Waals surface area contributed by atoms with E-state index in [4.69, 9.17) is 5.73 Å². The van der Waals surface area contributed by atoms with E-state index >= 15 is 0 Å². The fourth-order valence-electron chi connectivity index (χ4n) is 2.59. The predicted molar refractivity (Wildman–Crippen MR) is 65.5 cm³/mol. The minimum atomic E-state index is 0. The van der Waals surface area contributed by atoms with Crippen LogP contribution >= 0.6 is 24.8 Å². The van der Waals surface area contributed by atoms with E-state index in [-0.39, 0.29) is 24.8 Å². The molecule has 2 N–H and O–H groups in total. The van der Waals surface area contributed by atoms with Gasteiger partial charge in [-0.3, -0.25) is 4.90 Å². The van der Waals surface area contributed by atoms with Crippen molar-refractivity contribution in [2.45, 2.75) is 50.6 Å². The van der Waals surface area contributed by atoms with Crippen molar-refractivity contribution in [3.8, 4) is 0 Å². The molecule has 0 radical (unpaired) electrons. The molecule has 1 saturated carbocycles. The van der Waals surface area contributed by atoms with Crippen LogP contribution in [0, 0.1) is 0 Å². The Kier molecular flexibility index (Phi) is 7.13. The summed E-state index contributed by atoms with van der Waals surface area (Å²) >= 11 is 0. The van der Waals surface area contributed by atoms with Gasteiger partial charge in [0.2, 0.25) is 0 Å². The van der Waals surface area contributed by atoms with Crippen molar-refractivity contribution < 1.29 is 0 Å². The van der Waals surface area contributed by atoms with E-state index in [0.29, 0.717) is 6.04 Å². The van der Waals surface area contributed by atoms with Gasteiger partial charge in [-0.05, 0) is 19.3 Å². The molecule has 2 aliphatic rings. The molecule has 0 aromatic heterocycles. The smallest absolute Gasteiger partial charge is 0.0180 e. The molecule has 1 aliphatic carbocycles. The van der Waals surface area contributed by atoms with E-state index in [1.807, 2.05) is 0 Å². The first-order valence-electron chi connectivity index (χ1n) is 5.36. The topological polar surface area (TPSA) is 29.3 Å². The van der Waals surface area contributed by atoms with E-state index in [9.17, 15) is 0 Å². The van der Waals surface area contributed by atoms with Crippen molar-refractivity contribution in [2.75, 3.05) is 13.1 Å². The lowest BCUT2D eigenvalue weighted by atomic mass is 9.94. The molecule has 2 fully saturated rings. The van der Waals surface area contributed by atoms with Gasteiger partial charge in [0.15, 0.2) is 0 Å². The molecule has 4 heteroatoms. The molecule has 86 valence electrons. The third-order valence-corrected chi connectivity index (χ3v) is 3.35. The normalized spacial score (nSPS) is 29.4. The predicted octanol–water partition coefficient (Wildman–Crippen LogP) is 2.20. The van der Waals surface area contributed by atoms with Crippen molar-refractivity contribution in [3.05, 3.63) is 0 Å². The summed E-state index contributed by atoms with van der Waals surface area (Å²) < 4.78 is 0. The van der Waals surface area contributed by atoms with Crippen LogP contribution in [0.4, 0.5) is 0 Å². The second-order valence-electron chi connectivity index (χ2n) is 4.34. The van der Waals surface area contributed by atoms with Crippen LogP contribution in [0.1, 0.15) is 38.5 Å². The standard InChI is InChI=1S/C10H20N2.2ClH/c11-9-6-7-12(8-9)10-4-2-1-3-5-10;;/h9-10H,1-8,11H2;2*1H. The molecule has 0 aromatic carbocycles. The first-order valence-corrected chi connectivity index (χ1v) is 5.36. The number of hydrogen-bond donors (Lipinski definition) is 1. The quantitative estimate of drug-likeness (QED) is 0.762. The van der Waals surface area contributed by atoms with E-state index in [1.165, 1.54) is 45.1 Å². The Morgan fingerprint density at radius 3 is 2.07 bits per heavy atom. The molecule has 14 heavy (non-hydrogen) atoms. The molecule has 1 aliphatic heterocycles. The third-order valence-electron chi connectivity index (χ3n) is 3.35. The Labute approximate surface area is 99.4 Å². The molecular weight excluding hydrogens is 219 g/mol. The molecule has 0 amide bonds. The summed E-state index contributed by atoms with van der Waals surface area (Å²) in [5.74, 6) is 0. The molecule has 1 unspecified atom stereocenters. The van der Waals surface area contributed by atoms with E-state index in [0.717, 1.165) is 12.6 Å². The highest BCUT2D eigenvalue weighted by Gasteiger charge is 2.26. The maximum atomic E-state index is 5.89. The Morgan fingerprint density at radius 2 is 1.57 bits per heavy atom. The Bertz CT molecular complexity index is 146. The van der Waals surface area contributed by atoms with Crippen molar-refractivity contribution >= 4 is 24.8 Å². The summed E-state index contributed by atoms with van der Waals surface area (Å²) in [4.78, 5) is 2.61. The molecule has 1 saturated heterocycles. The summed E-state index contributed by atoms with van der Waals surface area (Å²) in [6.45, 7) is 2.41. The molecule has 1 heterocycles. The monoisotopic (exact) mass is 240 g/mol. The molecule has 1 atom stereocenters. The van der Waals surface area contributed by atoms with Crippen LogP contribution in [0.15, 0.2) is 0 Å². The van der Waals surface area contributed by atoms with Crippen LogP contribution in [-0.2, 0) is 0 Å². The maximum Gasteiger partial charge on any atom is 0.0180 e. The largest absolute Gasteiger partial charge is 0.326 e. The van der Waals surface area contributed by atoms with Crippen molar-refractivity contribution in [3.63, 3.8) is 0 Å². The van der Waals surface area contributed by atoms with Crippen LogP contribution in [-0.4, -0.2) is 30.1 Å². The van der Waals surface area contributed by atoms with Gasteiger partial charge >= 0.3 is 0 Å². The summed E-state index contributed by atoms with van der Waals surface area (Å²) in [7, 11) is 0. The zero-order valence-corrected chi connectivity index (χ0v) is 10.3. The van der Waals surface area contributed by atoms with Gasteiger partial charge in [0, 0.05) is 25.2 Å². The summed E-state index contributed by atoms with van der Waals surface area (Å²) in [5.41, 5.74) is 5.89. The minimum absolute atomic E-state index is 0. The van der Waals surface area contributed by atoms with Crippen molar-refractivity contribution in [2.24, 2.45) is 5.73 Å². The second kappa shape index (κ2) is 6.89. The Hall–Kier alpha value is 0.500. The fraction of sp³-hybridized carbons (Fsp3) is 1.00. The lowest BCUT2D eigenvalue weighted by Crippen LogP contribution is -2.36. The van der Waals surface area contributed by atoms with Crippen LogP contribution in [0.2, 0.25) is 0 Å². The molecule has 2 nitrogen and oxygen atoms in total. The number of likely N-dealkylation sites (tertiary alicyclic amines) is 1. The summed E-state index contributed by atoms with van der Waals surface area (Å²) in [5, 5.41) is 0. The second-order valence-corrected chi connectivity index (χ2v) is 4.34. The summed E-state index contributed by atoms with van der Waals surface area (Å²) in [6.07, 6.45) is 8.40. The van der Waals surface area contributed by atoms with Gasteiger partial charge in [-0.2, -0.15) is 0 Å². The van der Waals surface area contributed by atoms with Crippen LogP contribution in [0.3, 0.4) is 0 Å². The minimum Gasteiger partial charge on any atom is -0.326 e. The molecule has 0 bridgehead atoms. The van der Waals surface area contributed by atoms with Gasteiger partial charge in [-0.1, -0.05) is 19.3 Å². The van der Waals surface area contributed by atoms with Crippen LogP contribution in [0.5, 0.6) is 0 Å². The van der Waals surface area contributed by atoms with E-state index < -0.39 is 0 Å². The number of hydrogen-bond acceptors (Lipinski definition) is 2. The number of nitrogens with two attached hydrogens (primary N) is 1. The zero-order chi connectivity index (χ0) is 8.39. The number of nitrogens with zero attached hydrogens (tertiary/aromatic N) is 1. The SMILES string of the molecule is Cl.Cl.NC1CCN(C2CCCCC2)C1. The number of halogens is 2. The highest BCUT2D eigenvalue weighted by atomic mass is 35.5.